The van der Waals surface area contributed by atoms with Gasteiger partial charge in [0.1, 0.15) is 0 Å². The van der Waals surface area contributed by atoms with Crippen LogP contribution in [-0.4, -0.2) is 31.1 Å². The molecule has 1 saturated heterocycles. The summed E-state index contributed by atoms with van der Waals surface area (Å²) in [5.41, 5.74) is 4.18. The van der Waals surface area contributed by atoms with Gasteiger partial charge in [0.25, 0.3) is 0 Å². The normalized spacial score (nSPS) is 21.8. The molecule has 2 unspecified atom stereocenters. The first-order chi connectivity index (χ1) is 9.10. The molecule has 1 aliphatic rings. The lowest BCUT2D eigenvalue weighted by atomic mass is 10.0. The Morgan fingerprint density at radius 3 is 2.74 bits per heavy atom. The summed E-state index contributed by atoms with van der Waals surface area (Å²) in [6, 6.07) is 7.26. The Bertz CT molecular complexity index is 414. The number of nitrogens with zero attached hydrogens (tertiary/aromatic N) is 1. The van der Waals surface area contributed by atoms with Crippen molar-refractivity contribution >= 4 is 0 Å². The van der Waals surface area contributed by atoms with Crippen molar-refractivity contribution < 1.29 is 0 Å². The zero-order valence-electron chi connectivity index (χ0n) is 12.9. The monoisotopic (exact) mass is 260 g/mol. The first kappa shape index (κ1) is 14.5. The predicted molar refractivity (Wildman–Crippen MR) is 82.6 cm³/mol. The van der Waals surface area contributed by atoms with Crippen LogP contribution in [0.25, 0.3) is 0 Å². The van der Waals surface area contributed by atoms with Gasteiger partial charge in [-0.1, -0.05) is 25.1 Å². The number of nitrogens with one attached hydrogen (secondary N) is 1. The Labute approximate surface area is 118 Å². The van der Waals surface area contributed by atoms with E-state index in [-0.39, 0.29) is 0 Å². The van der Waals surface area contributed by atoms with Crippen molar-refractivity contribution in [1.82, 2.24) is 10.2 Å². The van der Waals surface area contributed by atoms with Gasteiger partial charge in [0.15, 0.2) is 0 Å². The number of hydrogen-bond donors (Lipinski definition) is 1. The molecule has 0 aliphatic carbocycles. The summed E-state index contributed by atoms with van der Waals surface area (Å²) in [6.07, 6.45) is 1.35. The Hall–Kier alpha value is -0.860. The van der Waals surface area contributed by atoms with Gasteiger partial charge >= 0.3 is 0 Å². The molecule has 0 saturated carbocycles. The van der Waals surface area contributed by atoms with Gasteiger partial charge in [-0.25, -0.2) is 0 Å². The van der Waals surface area contributed by atoms with Gasteiger partial charge in [-0.2, -0.15) is 0 Å². The first-order valence-corrected chi connectivity index (χ1v) is 7.63. The maximum absolute atomic E-state index is 3.71. The summed E-state index contributed by atoms with van der Waals surface area (Å²) in [6.45, 7) is 13.8. The van der Waals surface area contributed by atoms with Crippen molar-refractivity contribution in [2.75, 3.05) is 26.2 Å². The lowest BCUT2D eigenvalue weighted by Crippen LogP contribution is -2.28. The molecule has 1 aliphatic heterocycles. The highest BCUT2D eigenvalue weighted by molar-refractivity contribution is 5.31. The molecule has 19 heavy (non-hydrogen) atoms. The molecule has 1 fully saturated rings. The van der Waals surface area contributed by atoms with E-state index in [1.165, 1.54) is 42.7 Å². The molecule has 0 amide bonds. The van der Waals surface area contributed by atoms with Crippen molar-refractivity contribution in [2.24, 2.45) is 5.92 Å². The second-order valence-corrected chi connectivity index (χ2v) is 6.02. The van der Waals surface area contributed by atoms with Crippen LogP contribution in [0.1, 0.15) is 43.0 Å². The highest BCUT2D eigenvalue weighted by atomic mass is 15.1. The Morgan fingerprint density at radius 1 is 1.32 bits per heavy atom. The molecule has 2 rings (SSSR count). The fraction of sp³-hybridized carbons (Fsp3) is 0.647. The van der Waals surface area contributed by atoms with Crippen LogP contribution in [0.3, 0.4) is 0 Å². The zero-order chi connectivity index (χ0) is 13.8. The molecule has 0 spiro atoms. The lowest BCUT2D eigenvalue weighted by Gasteiger charge is -2.19. The molecular weight excluding hydrogens is 232 g/mol. The van der Waals surface area contributed by atoms with Gasteiger partial charge in [0.2, 0.25) is 0 Å². The van der Waals surface area contributed by atoms with Gasteiger partial charge < -0.3 is 10.2 Å². The maximum atomic E-state index is 3.71. The van der Waals surface area contributed by atoms with Crippen LogP contribution in [-0.2, 0) is 0 Å². The van der Waals surface area contributed by atoms with Gasteiger partial charge in [0.05, 0.1) is 0 Å². The van der Waals surface area contributed by atoms with E-state index in [4.69, 9.17) is 0 Å². The fourth-order valence-corrected chi connectivity index (χ4v) is 2.86. The third-order valence-corrected chi connectivity index (χ3v) is 4.56. The van der Waals surface area contributed by atoms with E-state index >= 15 is 0 Å². The maximum Gasteiger partial charge on any atom is 0.0292 e. The molecule has 2 nitrogen and oxygen atoms in total. The number of benzene rings is 1. The van der Waals surface area contributed by atoms with Crippen LogP contribution in [0.5, 0.6) is 0 Å². The van der Waals surface area contributed by atoms with Gasteiger partial charge in [-0.05, 0) is 69.4 Å². The number of likely N-dealkylation sites (tertiary alicyclic amines) is 1. The SMILES string of the molecule is CCN1CCC(CNC(C)c2ccc(C)c(C)c2)C1. The molecule has 1 aromatic rings. The molecule has 0 aromatic heterocycles. The van der Waals surface area contributed by atoms with E-state index in [1.807, 2.05) is 0 Å². The van der Waals surface area contributed by atoms with Crippen LogP contribution in [0, 0.1) is 19.8 Å². The van der Waals surface area contributed by atoms with Crippen molar-refractivity contribution in [3.05, 3.63) is 34.9 Å². The van der Waals surface area contributed by atoms with E-state index in [9.17, 15) is 0 Å². The Kier molecular flexibility index (Phi) is 5.00. The molecule has 1 heterocycles. The van der Waals surface area contributed by atoms with Gasteiger partial charge in [-0.15, -0.1) is 0 Å². The Balaban J connectivity index is 1.84. The highest BCUT2D eigenvalue weighted by Gasteiger charge is 2.21. The van der Waals surface area contributed by atoms with E-state index in [1.54, 1.807) is 0 Å². The average molecular weight is 260 g/mol. The number of hydrogen-bond acceptors (Lipinski definition) is 2. The van der Waals surface area contributed by atoms with Crippen LogP contribution in [0.2, 0.25) is 0 Å². The summed E-state index contributed by atoms with van der Waals surface area (Å²) in [5, 5.41) is 3.71. The average Bonchev–Trinajstić information content (AvgIpc) is 2.87. The van der Waals surface area contributed by atoms with E-state index in [2.05, 4.69) is 56.1 Å². The minimum Gasteiger partial charge on any atom is -0.310 e. The molecule has 2 heteroatoms. The zero-order valence-corrected chi connectivity index (χ0v) is 12.9. The second-order valence-electron chi connectivity index (χ2n) is 6.02. The fourth-order valence-electron chi connectivity index (χ4n) is 2.86. The third kappa shape index (κ3) is 3.80. The van der Waals surface area contributed by atoms with E-state index in [0.29, 0.717) is 6.04 Å². The third-order valence-electron chi connectivity index (χ3n) is 4.56. The minimum atomic E-state index is 0.454. The van der Waals surface area contributed by atoms with Crippen LogP contribution in [0.4, 0.5) is 0 Å². The first-order valence-electron chi connectivity index (χ1n) is 7.63. The quantitative estimate of drug-likeness (QED) is 0.874. The topological polar surface area (TPSA) is 15.3 Å². The molecule has 2 atom stereocenters. The molecule has 1 N–H and O–H groups in total. The molecule has 106 valence electrons. The molecule has 0 bridgehead atoms. The summed E-state index contributed by atoms with van der Waals surface area (Å²) in [7, 11) is 0. The van der Waals surface area contributed by atoms with Crippen LogP contribution < -0.4 is 5.32 Å². The van der Waals surface area contributed by atoms with Crippen LogP contribution in [0.15, 0.2) is 18.2 Å². The molecule has 1 aromatic carbocycles. The Morgan fingerprint density at radius 2 is 2.11 bits per heavy atom. The van der Waals surface area contributed by atoms with Crippen molar-refractivity contribution in [3.63, 3.8) is 0 Å². The molecular formula is C17H28N2. The highest BCUT2D eigenvalue weighted by Crippen LogP contribution is 2.19. The standard InChI is InChI=1S/C17H28N2/c1-5-19-9-8-16(12-19)11-18-15(4)17-7-6-13(2)14(3)10-17/h6-7,10,15-16,18H,5,8-9,11-12H2,1-4H3. The lowest BCUT2D eigenvalue weighted by molar-refractivity contribution is 0.336. The summed E-state index contributed by atoms with van der Waals surface area (Å²) < 4.78 is 0. The smallest absolute Gasteiger partial charge is 0.0292 e. The van der Waals surface area contributed by atoms with E-state index < -0.39 is 0 Å². The second kappa shape index (κ2) is 6.53. The minimum absolute atomic E-state index is 0.454. The van der Waals surface area contributed by atoms with Crippen molar-refractivity contribution in [3.8, 4) is 0 Å². The largest absolute Gasteiger partial charge is 0.310 e. The summed E-state index contributed by atoms with van der Waals surface area (Å²) in [4.78, 5) is 2.55. The van der Waals surface area contributed by atoms with Crippen molar-refractivity contribution in [1.29, 1.82) is 0 Å². The van der Waals surface area contributed by atoms with Gasteiger partial charge in [-0.3, -0.25) is 0 Å². The van der Waals surface area contributed by atoms with Crippen LogP contribution >= 0.6 is 0 Å². The number of aryl methyl sites for hydroxylation is 2. The molecule has 0 radical (unpaired) electrons. The summed E-state index contributed by atoms with van der Waals surface area (Å²) in [5.74, 6) is 0.828. The van der Waals surface area contributed by atoms with E-state index in [0.717, 1.165) is 12.5 Å². The predicted octanol–water partition coefficient (Wildman–Crippen LogP) is 3.30. The summed E-state index contributed by atoms with van der Waals surface area (Å²) >= 11 is 0. The van der Waals surface area contributed by atoms with Crippen molar-refractivity contribution in [2.45, 2.75) is 40.2 Å². The number of rotatable bonds is 5. The van der Waals surface area contributed by atoms with Gasteiger partial charge in [0, 0.05) is 12.6 Å².